The molecule has 0 aromatic heterocycles. The number of carbonyl (C=O) groups is 1. The largest absolute Gasteiger partial charge is 0.332 e. The zero-order chi connectivity index (χ0) is 14.6. The van der Waals surface area contributed by atoms with Gasteiger partial charge in [0.05, 0.1) is 6.04 Å². The minimum absolute atomic E-state index is 0.00770. The van der Waals surface area contributed by atoms with Crippen molar-refractivity contribution < 1.29 is 4.79 Å². The predicted octanol–water partition coefficient (Wildman–Crippen LogP) is 2.96. The highest BCUT2D eigenvalue weighted by Crippen LogP contribution is 2.21. The van der Waals surface area contributed by atoms with Gasteiger partial charge in [-0.05, 0) is 45.7 Å². The Morgan fingerprint density at radius 1 is 1.25 bits per heavy atom. The first-order valence-electron chi connectivity index (χ1n) is 7.57. The Balaban J connectivity index is 2.13. The fourth-order valence-corrected chi connectivity index (χ4v) is 2.66. The second kappa shape index (κ2) is 6.40. The Bertz CT molecular complexity index is 430. The molecular formula is C17H26N2O. The Morgan fingerprint density at radius 3 is 2.50 bits per heavy atom. The van der Waals surface area contributed by atoms with Gasteiger partial charge in [0.25, 0.3) is 0 Å². The van der Waals surface area contributed by atoms with E-state index in [2.05, 4.69) is 38.2 Å². The zero-order valence-corrected chi connectivity index (χ0v) is 12.9. The molecule has 1 aliphatic rings. The molecule has 110 valence electrons. The smallest absolute Gasteiger partial charge is 0.240 e. The molecule has 1 unspecified atom stereocenters. The molecule has 1 amide bonds. The number of hydrogen-bond donors (Lipinski definition) is 1. The Morgan fingerprint density at radius 2 is 1.95 bits per heavy atom. The lowest BCUT2D eigenvalue weighted by Crippen LogP contribution is -2.54. The third kappa shape index (κ3) is 3.83. The van der Waals surface area contributed by atoms with E-state index >= 15 is 0 Å². The maximum absolute atomic E-state index is 12.8. The SMILES string of the molecule is CC(C)(C)N(Cc1ccccc1)C(=O)C1CCCCN1. The monoisotopic (exact) mass is 274 g/mol. The number of piperidine rings is 1. The number of carbonyl (C=O) groups excluding carboxylic acids is 1. The van der Waals surface area contributed by atoms with Gasteiger partial charge in [-0.3, -0.25) is 4.79 Å². The maximum Gasteiger partial charge on any atom is 0.240 e. The minimum atomic E-state index is -0.161. The first kappa shape index (κ1) is 15.0. The summed E-state index contributed by atoms with van der Waals surface area (Å²) < 4.78 is 0. The average Bonchev–Trinajstić information content (AvgIpc) is 2.45. The number of hydrogen-bond acceptors (Lipinski definition) is 2. The summed E-state index contributed by atoms with van der Waals surface area (Å²) in [6.45, 7) is 7.96. The number of nitrogens with one attached hydrogen (secondary N) is 1. The quantitative estimate of drug-likeness (QED) is 0.919. The molecule has 0 radical (unpaired) electrons. The first-order valence-corrected chi connectivity index (χ1v) is 7.57. The van der Waals surface area contributed by atoms with Crippen LogP contribution in [0, 0.1) is 0 Å². The van der Waals surface area contributed by atoms with Crippen LogP contribution in [-0.2, 0) is 11.3 Å². The van der Waals surface area contributed by atoms with Crippen LogP contribution in [0.1, 0.15) is 45.6 Å². The molecule has 1 fully saturated rings. The van der Waals surface area contributed by atoms with E-state index in [-0.39, 0.29) is 17.5 Å². The molecule has 1 aromatic carbocycles. The van der Waals surface area contributed by atoms with Crippen molar-refractivity contribution in [1.82, 2.24) is 10.2 Å². The first-order chi connectivity index (χ1) is 9.48. The molecule has 3 nitrogen and oxygen atoms in total. The molecule has 1 N–H and O–H groups in total. The summed E-state index contributed by atoms with van der Waals surface area (Å²) >= 11 is 0. The van der Waals surface area contributed by atoms with Gasteiger partial charge < -0.3 is 10.2 Å². The molecule has 1 heterocycles. The van der Waals surface area contributed by atoms with Crippen molar-refractivity contribution in [1.29, 1.82) is 0 Å². The van der Waals surface area contributed by atoms with Crippen LogP contribution in [0.2, 0.25) is 0 Å². The van der Waals surface area contributed by atoms with E-state index in [9.17, 15) is 4.79 Å². The van der Waals surface area contributed by atoms with Gasteiger partial charge in [-0.25, -0.2) is 0 Å². The highest BCUT2D eigenvalue weighted by molar-refractivity contribution is 5.82. The lowest BCUT2D eigenvalue weighted by atomic mass is 9.98. The van der Waals surface area contributed by atoms with Crippen molar-refractivity contribution >= 4 is 5.91 Å². The summed E-state index contributed by atoms with van der Waals surface area (Å²) in [5.74, 6) is 0.237. The minimum Gasteiger partial charge on any atom is -0.332 e. The van der Waals surface area contributed by atoms with E-state index in [1.54, 1.807) is 0 Å². The zero-order valence-electron chi connectivity index (χ0n) is 12.9. The van der Waals surface area contributed by atoms with Crippen LogP contribution < -0.4 is 5.32 Å². The van der Waals surface area contributed by atoms with E-state index < -0.39 is 0 Å². The summed E-state index contributed by atoms with van der Waals surface area (Å²) in [6, 6.07) is 10.2. The van der Waals surface area contributed by atoms with Crippen molar-refractivity contribution in [3.8, 4) is 0 Å². The number of amides is 1. The highest BCUT2D eigenvalue weighted by atomic mass is 16.2. The average molecular weight is 274 g/mol. The molecule has 1 atom stereocenters. The van der Waals surface area contributed by atoms with E-state index in [0.29, 0.717) is 6.54 Å². The Labute approximate surface area is 122 Å². The van der Waals surface area contributed by atoms with Crippen LogP contribution in [0.15, 0.2) is 30.3 Å². The third-order valence-electron chi connectivity index (χ3n) is 3.87. The van der Waals surface area contributed by atoms with E-state index in [0.717, 1.165) is 19.4 Å². The van der Waals surface area contributed by atoms with Gasteiger partial charge in [-0.1, -0.05) is 36.8 Å². The van der Waals surface area contributed by atoms with E-state index in [1.165, 1.54) is 12.0 Å². The predicted molar refractivity (Wildman–Crippen MR) is 82.4 cm³/mol. The molecule has 2 rings (SSSR count). The molecule has 1 aromatic rings. The van der Waals surface area contributed by atoms with Crippen molar-refractivity contribution in [3.63, 3.8) is 0 Å². The van der Waals surface area contributed by atoms with Crippen LogP contribution in [0.4, 0.5) is 0 Å². The molecule has 0 saturated carbocycles. The van der Waals surface area contributed by atoms with Gasteiger partial charge in [0.15, 0.2) is 0 Å². The lowest BCUT2D eigenvalue weighted by Gasteiger charge is -2.39. The summed E-state index contributed by atoms with van der Waals surface area (Å²) in [7, 11) is 0. The molecular weight excluding hydrogens is 248 g/mol. The maximum atomic E-state index is 12.8. The molecule has 1 aliphatic heterocycles. The number of nitrogens with zero attached hydrogens (tertiary/aromatic N) is 1. The molecule has 0 spiro atoms. The van der Waals surface area contributed by atoms with Crippen LogP contribution in [0.5, 0.6) is 0 Å². The standard InChI is InChI=1S/C17H26N2O/c1-17(2,3)19(13-14-9-5-4-6-10-14)16(20)15-11-7-8-12-18-15/h4-6,9-10,15,18H,7-8,11-13H2,1-3H3. The van der Waals surface area contributed by atoms with Gasteiger partial charge >= 0.3 is 0 Å². The Kier molecular flexibility index (Phi) is 4.81. The number of benzene rings is 1. The normalized spacial score (nSPS) is 19.6. The van der Waals surface area contributed by atoms with Crippen molar-refractivity contribution in [2.75, 3.05) is 6.54 Å². The number of rotatable bonds is 3. The Hall–Kier alpha value is -1.35. The van der Waals surface area contributed by atoms with Crippen molar-refractivity contribution in [3.05, 3.63) is 35.9 Å². The second-order valence-electron chi connectivity index (χ2n) is 6.58. The van der Waals surface area contributed by atoms with Gasteiger partial charge in [-0.2, -0.15) is 0 Å². The molecule has 3 heteroatoms. The van der Waals surface area contributed by atoms with Crippen LogP contribution in [0.3, 0.4) is 0 Å². The van der Waals surface area contributed by atoms with Gasteiger partial charge in [0, 0.05) is 12.1 Å². The van der Waals surface area contributed by atoms with Gasteiger partial charge in [0.1, 0.15) is 0 Å². The summed E-state index contributed by atoms with van der Waals surface area (Å²) in [4.78, 5) is 14.8. The van der Waals surface area contributed by atoms with Crippen molar-refractivity contribution in [2.45, 2.75) is 58.2 Å². The van der Waals surface area contributed by atoms with Crippen molar-refractivity contribution in [2.24, 2.45) is 0 Å². The fourth-order valence-electron chi connectivity index (χ4n) is 2.66. The summed E-state index contributed by atoms with van der Waals surface area (Å²) in [5.41, 5.74) is 1.03. The molecule has 1 saturated heterocycles. The second-order valence-corrected chi connectivity index (χ2v) is 6.58. The van der Waals surface area contributed by atoms with Gasteiger partial charge in [0.2, 0.25) is 5.91 Å². The van der Waals surface area contributed by atoms with Crippen LogP contribution >= 0.6 is 0 Å². The topological polar surface area (TPSA) is 32.3 Å². The lowest BCUT2D eigenvalue weighted by molar-refractivity contribution is -0.139. The fraction of sp³-hybridized carbons (Fsp3) is 0.588. The van der Waals surface area contributed by atoms with E-state index in [1.807, 2.05) is 23.1 Å². The highest BCUT2D eigenvalue weighted by Gasteiger charge is 2.32. The molecule has 20 heavy (non-hydrogen) atoms. The third-order valence-corrected chi connectivity index (χ3v) is 3.87. The van der Waals surface area contributed by atoms with Gasteiger partial charge in [-0.15, -0.1) is 0 Å². The van der Waals surface area contributed by atoms with Crippen LogP contribution in [0.25, 0.3) is 0 Å². The van der Waals surface area contributed by atoms with Crippen LogP contribution in [-0.4, -0.2) is 28.9 Å². The molecule has 0 bridgehead atoms. The molecule has 0 aliphatic carbocycles. The van der Waals surface area contributed by atoms with E-state index in [4.69, 9.17) is 0 Å². The summed E-state index contributed by atoms with van der Waals surface area (Å²) in [5, 5.41) is 3.37. The summed E-state index contributed by atoms with van der Waals surface area (Å²) in [6.07, 6.45) is 3.28.